The SMILES string of the molecule is CN=C(NCCOc1ccc(F)c(F)c1)NCCc1nc(C(F)(F)F)cs1. The molecule has 2 aromatic rings. The number of nitrogens with one attached hydrogen (secondary N) is 2. The van der Waals surface area contributed by atoms with E-state index in [0.29, 0.717) is 30.5 Å². The van der Waals surface area contributed by atoms with Gasteiger partial charge in [-0.05, 0) is 12.1 Å². The summed E-state index contributed by atoms with van der Waals surface area (Å²) in [6.07, 6.45) is -4.12. The fourth-order valence-electron chi connectivity index (χ4n) is 1.97. The lowest BCUT2D eigenvalue weighted by Gasteiger charge is -2.12. The molecular weight excluding hydrogens is 391 g/mol. The molecule has 11 heteroatoms. The zero-order valence-electron chi connectivity index (χ0n) is 14.2. The van der Waals surface area contributed by atoms with Gasteiger partial charge in [-0.25, -0.2) is 13.8 Å². The topological polar surface area (TPSA) is 58.5 Å². The van der Waals surface area contributed by atoms with Crippen LogP contribution in [0.3, 0.4) is 0 Å². The molecule has 0 aliphatic heterocycles. The Labute approximate surface area is 156 Å². The molecule has 0 saturated heterocycles. The van der Waals surface area contributed by atoms with Crippen LogP contribution in [-0.4, -0.2) is 37.7 Å². The molecule has 148 valence electrons. The third kappa shape index (κ3) is 6.66. The normalized spacial score (nSPS) is 12.1. The number of aromatic nitrogens is 1. The van der Waals surface area contributed by atoms with Crippen molar-refractivity contribution < 1.29 is 26.7 Å². The minimum Gasteiger partial charge on any atom is -0.492 e. The molecule has 0 saturated carbocycles. The molecule has 27 heavy (non-hydrogen) atoms. The second kappa shape index (κ2) is 9.49. The van der Waals surface area contributed by atoms with Crippen LogP contribution in [0.5, 0.6) is 5.75 Å². The van der Waals surface area contributed by atoms with E-state index in [-0.39, 0.29) is 12.4 Å². The second-order valence-electron chi connectivity index (χ2n) is 5.22. The molecule has 0 bridgehead atoms. The average molecular weight is 408 g/mol. The molecule has 0 atom stereocenters. The zero-order valence-corrected chi connectivity index (χ0v) is 15.1. The third-order valence-corrected chi connectivity index (χ3v) is 4.16. The number of thiazole rings is 1. The maximum atomic E-state index is 13.1. The molecule has 1 aromatic heterocycles. The summed E-state index contributed by atoms with van der Waals surface area (Å²) in [5.41, 5.74) is -0.889. The van der Waals surface area contributed by atoms with Gasteiger partial charge in [-0.1, -0.05) is 0 Å². The van der Waals surface area contributed by atoms with Crippen molar-refractivity contribution in [3.05, 3.63) is 45.9 Å². The van der Waals surface area contributed by atoms with Crippen molar-refractivity contribution in [2.75, 3.05) is 26.7 Å². The van der Waals surface area contributed by atoms with Gasteiger partial charge in [-0.2, -0.15) is 13.2 Å². The molecule has 0 aliphatic rings. The summed E-state index contributed by atoms with van der Waals surface area (Å²) in [7, 11) is 1.54. The Bertz CT molecular complexity index is 778. The maximum absolute atomic E-state index is 13.1. The fourth-order valence-corrected chi connectivity index (χ4v) is 2.77. The van der Waals surface area contributed by atoms with Crippen molar-refractivity contribution in [2.45, 2.75) is 12.6 Å². The average Bonchev–Trinajstić information content (AvgIpc) is 3.09. The Kier molecular flexibility index (Phi) is 7.34. The molecule has 0 unspecified atom stereocenters. The number of rotatable bonds is 7. The molecule has 0 amide bonds. The van der Waals surface area contributed by atoms with Gasteiger partial charge in [-0.3, -0.25) is 4.99 Å². The van der Waals surface area contributed by atoms with E-state index in [2.05, 4.69) is 20.6 Å². The van der Waals surface area contributed by atoms with E-state index >= 15 is 0 Å². The van der Waals surface area contributed by atoms with Crippen LogP contribution < -0.4 is 15.4 Å². The van der Waals surface area contributed by atoms with Crippen LogP contribution >= 0.6 is 11.3 Å². The lowest BCUT2D eigenvalue weighted by molar-refractivity contribution is -0.140. The lowest BCUT2D eigenvalue weighted by atomic mass is 10.3. The first-order valence-corrected chi connectivity index (χ1v) is 8.71. The molecule has 1 aromatic carbocycles. The summed E-state index contributed by atoms with van der Waals surface area (Å²) in [4.78, 5) is 7.51. The fraction of sp³-hybridized carbons (Fsp3) is 0.375. The van der Waals surface area contributed by atoms with Gasteiger partial charge in [0.2, 0.25) is 0 Å². The van der Waals surface area contributed by atoms with Crippen molar-refractivity contribution in [3.63, 3.8) is 0 Å². The highest BCUT2D eigenvalue weighted by Gasteiger charge is 2.33. The van der Waals surface area contributed by atoms with Gasteiger partial charge in [0.25, 0.3) is 0 Å². The van der Waals surface area contributed by atoms with Crippen molar-refractivity contribution in [1.29, 1.82) is 0 Å². The van der Waals surface area contributed by atoms with Crippen LogP contribution in [0.1, 0.15) is 10.7 Å². The maximum Gasteiger partial charge on any atom is 0.434 e. The Morgan fingerprint density at radius 2 is 1.93 bits per heavy atom. The molecule has 2 rings (SSSR count). The van der Waals surface area contributed by atoms with E-state index < -0.39 is 23.5 Å². The molecule has 0 radical (unpaired) electrons. The number of nitrogens with zero attached hydrogens (tertiary/aromatic N) is 2. The van der Waals surface area contributed by atoms with Crippen LogP contribution in [0.25, 0.3) is 0 Å². The second-order valence-corrected chi connectivity index (χ2v) is 6.17. The number of alkyl halides is 3. The van der Waals surface area contributed by atoms with Gasteiger partial charge in [0.1, 0.15) is 12.4 Å². The van der Waals surface area contributed by atoms with E-state index in [1.54, 1.807) is 0 Å². The van der Waals surface area contributed by atoms with Crippen LogP contribution in [0.4, 0.5) is 22.0 Å². The number of aliphatic imine (C=N–C) groups is 1. The van der Waals surface area contributed by atoms with Crippen LogP contribution in [0.2, 0.25) is 0 Å². The molecule has 1 heterocycles. The minimum atomic E-state index is -4.44. The molecular formula is C16H17F5N4OS. The Morgan fingerprint density at radius 3 is 2.56 bits per heavy atom. The number of benzene rings is 1. The predicted octanol–water partition coefficient (Wildman–Crippen LogP) is 3.23. The first-order chi connectivity index (χ1) is 12.8. The largest absolute Gasteiger partial charge is 0.492 e. The third-order valence-electron chi connectivity index (χ3n) is 3.25. The number of hydrogen-bond donors (Lipinski definition) is 2. The van der Waals surface area contributed by atoms with Gasteiger partial charge in [0.15, 0.2) is 23.3 Å². The van der Waals surface area contributed by atoms with Crippen molar-refractivity contribution in [2.24, 2.45) is 4.99 Å². The first-order valence-electron chi connectivity index (χ1n) is 7.83. The zero-order chi connectivity index (χ0) is 19.9. The van der Waals surface area contributed by atoms with Crippen molar-refractivity contribution >= 4 is 17.3 Å². The number of guanidine groups is 1. The summed E-state index contributed by atoms with van der Waals surface area (Å²) in [6.45, 7) is 0.843. The predicted molar refractivity (Wildman–Crippen MR) is 92.0 cm³/mol. The van der Waals surface area contributed by atoms with Gasteiger partial charge in [0, 0.05) is 31.5 Å². The summed E-state index contributed by atoms with van der Waals surface area (Å²) in [5, 5.41) is 7.22. The first kappa shape index (κ1) is 20.9. The van der Waals surface area contributed by atoms with Gasteiger partial charge < -0.3 is 15.4 Å². The Morgan fingerprint density at radius 1 is 1.19 bits per heavy atom. The summed E-state index contributed by atoms with van der Waals surface area (Å²) in [6, 6.07) is 3.24. The van der Waals surface area contributed by atoms with Crippen LogP contribution in [0, 0.1) is 11.6 Å². The molecule has 0 fully saturated rings. The monoisotopic (exact) mass is 408 g/mol. The quantitative estimate of drug-likeness (QED) is 0.320. The van der Waals surface area contributed by atoms with Crippen LogP contribution in [-0.2, 0) is 12.6 Å². The lowest BCUT2D eigenvalue weighted by Crippen LogP contribution is -2.40. The summed E-state index contributed by atoms with van der Waals surface area (Å²) < 4.78 is 68.6. The van der Waals surface area contributed by atoms with Gasteiger partial charge in [-0.15, -0.1) is 11.3 Å². The standard InChI is InChI=1S/C16H17F5N4OS/c1-22-15(23-5-4-14-25-13(9-27-14)16(19,20)21)24-6-7-26-10-2-3-11(17)12(18)8-10/h2-3,8-9H,4-7H2,1H3,(H2,22,23,24). The number of hydrogen-bond acceptors (Lipinski definition) is 4. The van der Waals surface area contributed by atoms with Gasteiger partial charge >= 0.3 is 6.18 Å². The highest BCUT2D eigenvalue weighted by molar-refractivity contribution is 7.09. The highest BCUT2D eigenvalue weighted by Crippen LogP contribution is 2.29. The van der Waals surface area contributed by atoms with Crippen molar-refractivity contribution in [3.8, 4) is 5.75 Å². The molecule has 2 N–H and O–H groups in total. The van der Waals surface area contributed by atoms with E-state index in [9.17, 15) is 22.0 Å². The van der Waals surface area contributed by atoms with E-state index in [1.165, 1.54) is 13.1 Å². The van der Waals surface area contributed by atoms with Crippen molar-refractivity contribution in [1.82, 2.24) is 15.6 Å². The molecule has 0 aliphatic carbocycles. The Balaban J connectivity index is 1.68. The Hall–Kier alpha value is -2.43. The molecule has 5 nitrogen and oxygen atoms in total. The highest BCUT2D eigenvalue weighted by atomic mass is 32.1. The molecule has 0 spiro atoms. The van der Waals surface area contributed by atoms with Crippen LogP contribution in [0.15, 0.2) is 28.6 Å². The number of ether oxygens (including phenoxy) is 1. The van der Waals surface area contributed by atoms with E-state index in [4.69, 9.17) is 4.74 Å². The summed E-state index contributed by atoms with van der Waals surface area (Å²) >= 11 is 0.948. The number of halogens is 5. The van der Waals surface area contributed by atoms with E-state index in [0.717, 1.165) is 28.8 Å². The summed E-state index contributed by atoms with van der Waals surface area (Å²) in [5.74, 6) is -1.32. The minimum absolute atomic E-state index is 0.174. The smallest absolute Gasteiger partial charge is 0.434 e. The van der Waals surface area contributed by atoms with Gasteiger partial charge in [0.05, 0.1) is 11.6 Å². The van der Waals surface area contributed by atoms with E-state index in [1.807, 2.05) is 0 Å².